The van der Waals surface area contributed by atoms with E-state index in [1.165, 1.54) is 36.4 Å². The average molecular weight is 272 g/mol. The van der Waals surface area contributed by atoms with Gasteiger partial charge in [-0.1, -0.05) is 12.6 Å². The molecule has 0 spiro atoms. The van der Waals surface area contributed by atoms with E-state index in [0.29, 0.717) is 11.1 Å². The van der Waals surface area contributed by atoms with Gasteiger partial charge in [0.25, 0.3) is 0 Å². The van der Waals surface area contributed by atoms with E-state index >= 15 is 0 Å². The Morgan fingerprint density at radius 2 is 1.50 bits per heavy atom. The Hall–Kier alpha value is -2.95. The molecule has 4 N–H and O–H groups in total. The highest BCUT2D eigenvalue weighted by atomic mass is 16.4. The Bertz CT molecular complexity index is 703. The number of carbonyl (C=O) groups is 1. The van der Waals surface area contributed by atoms with Crippen molar-refractivity contribution in [2.45, 2.75) is 0 Å². The van der Waals surface area contributed by atoms with Gasteiger partial charge in [0, 0.05) is 5.56 Å². The first-order chi connectivity index (χ1) is 9.40. The lowest BCUT2D eigenvalue weighted by molar-refractivity contribution is 0.0693. The summed E-state index contributed by atoms with van der Waals surface area (Å²) in [5.41, 5.74) is 0.775. The standard InChI is InChI=1S/C15H12O5/c1-8(11-7-10(16)3-5-13(11)17)9-2-4-14(18)12(6-9)15(19)20/h2-7,16-18H,1H2,(H,19,20). The maximum Gasteiger partial charge on any atom is 0.339 e. The molecule has 0 unspecified atom stereocenters. The van der Waals surface area contributed by atoms with Crippen molar-refractivity contribution in [1.29, 1.82) is 0 Å². The molecule has 0 aliphatic heterocycles. The van der Waals surface area contributed by atoms with Gasteiger partial charge in [-0.2, -0.15) is 0 Å². The third-order valence-electron chi connectivity index (χ3n) is 2.88. The van der Waals surface area contributed by atoms with Crippen LogP contribution in [0.2, 0.25) is 0 Å². The van der Waals surface area contributed by atoms with Crippen LogP contribution in [0.4, 0.5) is 0 Å². The highest BCUT2D eigenvalue weighted by molar-refractivity contribution is 5.93. The van der Waals surface area contributed by atoms with Gasteiger partial charge in [-0.3, -0.25) is 0 Å². The second kappa shape index (κ2) is 4.97. The summed E-state index contributed by atoms with van der Waals surface area (Å²) in [7, 11) is 0. The lowest BCUT2D eigenvalue weighted by Crippen LogP contribution is -1.98. The molecule has 0 radical (unpaired) electrons. The van der Waals surface area contributed by atoms with Gasteiger partial charge in [0.1, 0.15) is 22.8 Å². The first-order valence-corrected chi connectivity index (χ1v) is 5.68. The zero-order valence-corrected chi connectivity index (χ0v) is 10.4. The number of aromatic hydroxyl groups is 3. The summed E-state index contributed by atoms with van der Waals surface area (Å²) >= 11 is 0. The molecule has 0 bridgehead atoms. The molecular weight excluding hydrogens is 260 g/mol. The van der Waals surface area contributed by atoms with Crippen LogP contribution in [-0.2, 0) is 0 Å². The summed E-state index contributed by atoms with van der Waals surface area (Å²) in [6.45, 7) is 3.78. The molecule has 5 nitrogen and oxygen atoms in total. The SMILES string of the molecule is C=C(c1ccc(O)c(C(=O)O)c1)c1cc(O)ccc1O. The van der Waals surface area contributed by atoms with Gasteiger partial charge in [-0.15, -0.1) is 0 Å². The Morgan fingerprint density at radius 1 is 0.900 bits per heavy atom. The summed E-state index contributed by atoms with van der Waals surface area (Å²) in [6.07, 6.45) is 0. The molecule has 2 aromatic rings. The first-order valence-electron chi connectivity index (χ1n) is 5.68. The van der Waals surface area contributed by atoms with Gasteiger partial charge in [0.05, 0.1) is 0 Å². The topological polar surface area (TPSA) is 98.0 Å². The maximum atomic E-state index is 11.0. The van der Waals surface area contributed by atoms with Crippen molar-refractivity contribution >= 4 is 11.5 Å². The predicted molar refractivity (Wildman–Crippen MR) is 73.0 cm³/mol. The number of carboxylic acid groups (broad SMARTS) is 1. The van der Waals surface area contributed by atoms with Gasteiger partial charge in [-0.05, 0) is 41.5 Å². The molecule has 0 saturated carbocycles. The van der Waals surface area contributed by atoms with Crippen LogP contribution < -0.4 is 0 Å². The summed E-state index contributed by atoms with van der Waals surface area (Å²) in [5, 5.41) is 37.6. The average Bonchev–Trinajstić information content (AvgIpc) is 2.41. The fraction of sp³-hybridized carbons (Fsp3) is 0. The van der Waals surface area contributed by atoms with Crippen LogP contribution in [-0.4, -0.2) is 26.4 Å². The van der Waals surface area contributed by atoms with E-state index in [4.69, 9.17) is 5.11 Å². The summed E-state index contributed by atoms with van der Waals surface area (Å²) in [4.78, 5) is 11.0. The van der Waals surface area contributed by atoms with Gasteiger partial charge in [0.2, 0.25) is 0 Å². The van der Waals surface area contributed by atoms with E-state index in [0.717, 1.165) is 0 Å². The normalized spacial score (nSPS) is 10.2. The highest BCUT2D eigenvalue weighted by Crippen LogP contribution is 2.33. The van der Waals surface area contributed by atoms with E-state index in [-0.39, 0.29) is 28.4 Å². The van der Waals surface area contributed by atoms with Crippen molar-refractivity contribution < 1.29 is 25.2 Å². The van der Waals surface area contributed by atoms with Crippen molar-refractivity contribution in [1.82, 2.24) is 0 Å². The molecule has 0 aromatic heterocycles. The van der Waals surface area contributed by atoms with Crippen molar-refractivity contribution in [3.05, 3.63) is 59.7 Å². The van der Waals surface area contributed by atoms with Gasteiger partial charge in [0.15, 0.2) is 0 Å². The molecule has 102 valence electrons. The minimum Gasteiger partial charge on any atom is -0.508 e. The minimum absolute atomic E-state index is 0.0452. The molecule has 20 heavy (non-hydrogen) atoms. The molecule has 0 amide bonds. The lowest BCUT2D eigenvalue weighted by atomic mass is 9.96. The second-order valence-electron chi connectivity index (χ2n) is 4.22. The fourth-order valence-corrected chi connectivity index (χ4v) is 1.82. The number of phenolic OH excluding ortho intramolecular Hbond substituents is 2. The Balaban J connectivity index is 2.51. The van der Waals surface area contributed by atoms with Gasteiger partial charge < -0.3 is 20.4 Å². The fourth-order valence-electron chi connectivity index (χ4n) is 1.82. The van der Waals surface area contributed by atoms with Crippen molar-refractivity contribution in [2.75, 3.05) is 0 Å². The minimum atomic E-state index is -1.27. The number of hydrogen-bond acceptors (Lipinski definition) is 4. The van der Waals surface area contributed by atoms with Crippen LogP contribution in [0, 0.1) is 0 Å². The molecule has 0 aliphatic rings. The maximum absolute atomic E-state index is 11.0. The van der Waals surface area contributed by atoms with Crippen LogP contribution in [0.5, 0.6) is 17.2 Å². The third-order valence-corrected chi connectivity index (χ3v) is 2.88. The number of carboxylic acids is 1. The second-order valence-corrected chi connectivity index (χ2v) is 4.22. The zero-order chi connectivity index (χ0) is 14.9. The van der Waals surface area contributed by atoms with Crippen LogP contribution in [0.1, 0.15) is 21.5 Å². The highest BCUT2D eigenvalue weighted by Gasteiger charge is 2.14. The Morgan fingerprint density at radius 3 is 2.15 bits per heavy atom. The number of rotatable bonds is 3. The molecule has 0 saturated heterocycles. The number of hydrogen-bond donors (Lipinski definition) is 4. The van der Waals surface area contributed by atoms with Crippen molar-refractivity contribution in [3.8, 4) is 17.2 Å². The monoisotopic (exact) mass is 272 g/mol. The number of aromatic carboxylic acids is 1. The van der Waals surface area contributed by atoms with E-state index in [9.17, 15) is 20.1 Å². The van der Waals surface area contributed by atoms with Crippen LogP contribution in [0.15, 0.2) is 43.0 Å². The number of phenols is 3. The quantitative estimate of drug-likeness (QED) is 0.644. The molecule has 0 atom stereocenters. The van der Waals surface area contributed by atoms with E-state index < -0.39 is 5.97 Å². The van der Waals surface area contributed by atoms with Crippen molar-refractivity contribution in [3.63, 3.8) is 0 Å². The molecule has 0 fully saturated rings. The summed E-state index contributed by atoms with van der Waals surface area (Å²) in [5.74, 6) is -1.75. The van der Waals surface area contributed by atoms with E-state index in [1.807, 2.05) is 0 Å². The lowest BCUT2D eigenvalue weighted by Gasteiger charge is -2.10. The smallest absolute Gasteiger partial charge is 0.339 e. The van der Waals surface area contributed by atoms with Gasteiger partial charge in [-0.25, -0.2) is 4.79 Å². The predicted octanol–water partition coefficient (Wildman–Crippen LogP) is 2.56. The summed E-state index contributed by atoms with van der Waals surface area (Å²) in [6, 6.07) is 7.94. The summed E-state index contributed by atoms with van der Waals surface area (Å²) < 4.78 is 0. The third kappa shape index (κ3) is 2.42. The van der Waals surface area contributed by atoms with Gasteiger partial charge >= 0.3 is 5.97 Å². The molecule has 0 aliphatic carbocycles. The van der Waals surface area contributed by atoms with Crippen LogP contribution >= 0.6 is 0 Å². The Labute approximate surface area is 114 Å². The van der Waals surface area contributed by atoms with E-state index in [1.54, 1.807) is 0 Å². The molecule has 5 heteroatoms. The molecule has 2 aromatic carbocycles. The first kappa shape index (κ1) is 13.5. The van der Waals surface area contributed by atoms with Crippen molar-refractivity contribution in [2.24, 2.45) is 0 Å². The molecular formula is C15H12O5. The molecule has 2 rings (SSSR count). The van der Waals surface area contributed by atoms with Crippen LogP contribution in [0.25, 0.3) is 5.57 Å². The van der Waals surface area contributed by atoms with Crippen LogP contribution in [0.3, 0.4) is 0 Å². The zero-order valence-electron chi connectivity index (χ0n) is 10.4. The number of benzene rings is 2. The Kier molecular flexibility index (Phi) is 3.35. The van der Waals surface area contributed by atoms with E-state index in [2.05, 4.69) is 6.58 Å². The largest absolute Gasteiger partial charge is 0.508 e. The molecule has 0 heterocycles.